The van der Waals surface area contributed by atoms with Crippen LogP contribution in [0.3, 0.4) is 0 Å². The van der Waals surface area contributed by atoms with Gasteiger partial charge >= 0.3 is 0 Å². The van der Waals surface area contributed by atoms with Crippen LogP contribution in [0.25, 0.3) is 0 Å². The van der Waals surface area contributed by atoms with Crippen molar-refractivity contribution in [2.24, 2.45) is 5.92 Å². The minimum atomic E-state index is -1.11. The molecule has 1 atom stereocenters. The summed E-state index contributed by atoms with van der Waals surface area (Å²) in [5, 5.41) is 13.8. The first-order valence-electron chi connectivity index (χ1n) is 6.64. The summed E-state index contributed by atoms with van der Waals surface area (Å²) in [6.45, 7) is 7.50. The van der Waals surface area contributed by atoms with Gasteiger partial charge in [0, 0.05) is 5.56 Å². The lowest BCUT2D eigenvalue weighted by Crippen LogP contribution is -2.30. The van der Waals surface area contributed by atoms with E-state index in [1.165, 1.54) is 19.2 Å². The molecule has 0 saturated carbocycles. The van der Waals surface area contributed by atoms with E-state index in [4.69, 9.17) is 4.74 Å². The smallest absolute Gasteiger partial charge is 0.125 e. The van der Waals surface area contributed by atoms with Gasteiger partial charge in [-0.1, -0.05) is 13.8 Å². The Morgan fingerprint density at radius 1 is 1.42 bits per heavy atom. The summed E-state index contributed by atoms with van der Waals surface area (Å²) in [5.74, 6) is 0.704. The second-order valence-electron chi connectivity index (χ2n) is 5.47. The summed E-state index contributed by atoms with van der Waals surface area (Å²) in [5.41, 5.74) is -0.626. The summed E-state index contributed by atoms with van der Waals surface area (Å²) in [6.07, 6.45) is 0.500. The molecule has 0 bridgehead atoms. The Bertz CT molecular complexity index is 405. The number of halogens is 1. The van der Waals surface area contributed by atoms with Crippen molar-refractivity contribution in [1.29, 1.82) is 0 Å². The zero-order valence-corrected chi connectivity index (χ0v) is 12.2. The fourth-order valence-corrected chi connectivity index (χ4v) is 1.96. The molecule has 19 heavy (non-hydrogen) atoms. The number of aliphatic hydroxyl groups is 1. The van der Waals surface area contributed by atoms with Crippen molar-refractivity contribution in [3.63, 3.8) is 0 Å². The highest BCUT2D eigenvalue weighted by molar-refractivity contribution is 5.38. The first kappa shape index (κ1) is 15.9. The van der Waals surface area contributed by atoms with Crippen molar-refractivity contribution in [2.75, 3.05) is 20.2 Å². The normalized spacial score (nSPS) is 14.5. The lowest BCUT2D eigenvalue weighted by Gasteiger charge is -2.26. The van der Waals surface area contributed by atoms with Gasteiger partial charge < -0.3 is 15.2 Å². The molecule has 4 heteroatoms. The Hall–Kier alpha value is -1.13. The number of hydrogen-bond donors (Lipinski definition) is 2. The fourth-order valence-electron chi connectivity index (χ4n) is 1.96. The SMILES string of the molecule is COc1ccc(F)cc1C(C)(O)CCNCC(C)C. The second kappa shape index (κ2) is 6.87. The molecule has 0 aliphatic rings. The van der Waals surface area contributed by atoms with Crippen molar-refractivity contribution >= 4 is 0 Å². The van der Waals surface area contributed by atoms with E-state index in [1.807, 2.05) is 0 Å². The van der Waals surface area contributed by atoms with E-state index < -0.39 is 5.60 Å². The van der Waals surface area contributed by atoms with Crippen LogP contribution in [0.2, 0.25) is 0 Å². The van der Waals surface area contributed by atoms with Crippen molar-refractivity contribution < 1.29 is 14.2 Å². The fraction of sp³-hybridized carbons (Fsp3) is 0.600. The maximum Gasteiger partial charge on any atom is 0.125 e. The van der Waals surface area contributed by atoms with Crippen molar-refractivity contribution in [1.82, 2.24) is 5.32 Å². The first-order chi connectivity index (χ1) is 8.86. The van der Waals surface area contributed by atoms with Crippen LogP contribution < -0.4 is 10.1 Å². The molecule has 108 valence electrons. The Morgan fingerprint density at radius 3 is 2.68 bits per heavy atom. The average molecular weight is 269 g/mol. The van der Waals surface area contributed by atoms with E-state index in [0.717, 1.165) is 6.54 Å². The summed E-state index contributed by atoms with van der Waals surface area (Å²) in [4.78, 5) is 0. The number of nitrogens with one attached hydrogen (secondary N) is 1. The Balaban J connectivity index is 2.73. The zero-order valence-electron chi connectivity index (χ0n) is 12.2. The predicted octanol–water partition coefficient (Wildman–Crippen LogP) is 2.68. The van der Waals surface area contributed by atoms with Gasteiger partial charge in [-0.15, -0.1) is 0 Å². The van der Waals surface area contributed by atoms with Gasteiger partial charge in [-0.25, -0.2) is 4.39 Å². The van der Waals surface area contributed by atoms with Crippen molar-refractivity contribution in [3.05, 3.63) is 29.6 Å². The zero-order chi connectivity index (χ0) is 14.5. The van der Waals surface area contributed by atoms with E-state index in [9.17, 15) is 9.50 Å². The van der Waals surface area contributed by atoms with Crippen LogP contribution >= 0.6 is 0 Å². The molecule has 1 rings (SSSR count). The number of benzene rings is 1. The summed E-state index contributed by atoms with van der Waals surface area (Å²) >= 11 is 0. The van der Waals surface area contributed by atoms with Crippen LogP contribution in [0.5, 0.6) is 5.75 Å². The minimum absolute atomic E-state index is 0.369. The van der Waals surface area contributed by atoms with Crippen LogP contribution in [-0.4, -0.2) is 25.3 Å². The van der Waals surface area contributed by atoms with E-state index in [1.54, 1.807) is 13.0 Å². The molecular weight excluding hydrogens is 245 g/mol. The molecular formula is C15H24FNO2. The van der Waals surface area contributed by atoms with Gasteiger partial charge in [-0.3, -0.25) is 0 Å². The highest BCUT2D eigenvalue weighted by Crippen LogP contribution is 2.32. The number of ether oxygens (including phenoxy) is 1. The standard InChI is InChI=1S/C15H24FNO2/c1-11(2)10-17-8-7-15(3,18)13-9-12(16)5-6-14(13)19-4/h5-6,9,11,17-18H,7-8,10H2,1-4H3. The predicted molar refractivity (Wildman–Crippen MR) is 74.8 cm³/mol. The van der Waals surface area contributed by atoms with E-state index in [-0.39, 0.29) is 5.82 Å². The molecule has 1 aromatic carbocycles. The lowest BCUT2D eigenvalue weighted by molar-refractivity contribution is 0.0450. The molecule has 0 amide bonds. The monoisotopic (exact) mass is 269 g/mol. The Labute approximate surface area is 114 Å². The molecule has 1 aromatic rings. The Kier molecular flexibility index (Phi) is 5.76. The van der Waals surface area contributed by atoms with Gasteiger partial charge in [0.2, 0.25) is 0 Å². The second-order valence-corrected chi connectivity index (χ2v) is 5.47. The minimum Gasteiger partial charge on any atom is -0.496 e. The van der Waals surface area contributed by atoms with Gasteiger partial charge in [0.1, 0.15) is 11.6 Å². The van der Waals surface area contributed by atoms with Crippen molar-refractivity contribution in [2.45, 2.75) is 32.8 Å². The molecule has 0 aromatic heterocycles. The topological polar surface area (TPSA) is 41.5 Å². The maximum absolute atomic E-state index is 13.3. The van der Waals surface area contributed by atoms with Gasteiger partial charge in [-0.05, 0) is 50.6 Å². The summed E-state index contributed by atoms with van der Waals surface area (Å²) < 4.78 is 18.5. The largest absolute Gasteiger partial charge is 0.496 e. The molecule has 0 spiro atoms. The number of hydrogen-bond acceptors (Lipinski definition) is 3. The van der Waals surface area contributed by atoms with Crippen LogP contribution in [0.4, 0.5) is 4.39 Å². The van der Waals surface area contributed by atoms with Gasteiger partial charge in [-0.2, -0.15) is 0 Å². The molecule has 0 fully saturated rings. The third-order valence-corrected chi connectivity index (χ3v) is 3.08. The van der Waals surface area contributed by atoms with Crippen LogP contribution in [0.1, 0.15) is 32.8 Å². The highest BCUT2D eigenvalue weighted by Gasteiger charge is 2.26. The van der Waals surface area contributed by atoms with Crippen LogP contribution in [0, 0.1) is 11.7 Å². The molecule has 1 unspecified atom stereocenters. The lowest BCUT2D eigenvalue weighted by atomic mass is 9.91. The van der Waals surface area contributed by atoms with E-state index in [2.05, 4.69) is 19.2 Å². The van der Waals surface area contributed by atoms with Gasteiger partial charge in [0.05, 0.1) is 12.7 Å². The van der Waals surface area contributed by atoms with Crippen LogP contribution in [0.15, 0.2) is 18.2 Å². The van der Waals surface area contributed by atoms with Gasteiger partial charge in [0.25, 0.3) is 0 Å². The molecule has 3 nitrogen and oxygen atoms in total. The highest BCUT2D eigenvalue weighted by atomic mass is 19.1. The molecule has 0 aliphatic carbocycles. The molecule has 2 N–H and O–H groups in total. The quantitative estimate of drug-likeness (QED) is 0.748. The van der Waals surface area contributed by atoms with Crippen molar-refractivity contribution in [3.8, 4) is 5.75 Å². The third kappa shape index (κ3) is 4.80. The first-order valence-corrected chi connectivity index (χ1v) is 6.64. The molecule has 0 heterocycles. The summed E-state index contributed by atoms with van der Waals surface area (Å²) in [7, 11) is 1.52. The molecule has 0 saturated heterocycles. The van der Waals surface area contributed by atoms with E-state index in [0.29, 0.717) is 30.2 Å². The van der Waals surface area contributed by atoms with Gasteiger partial charge in [0.15, 0.2) is 0 Å². The summed E-state index contributed by atoms with van der Waals surface area (Å²) in [6, 6.07) is 4.21. The van der Waals surface area contributed by atoms with Crippen LogP contribution in [-0.2, 0) is 5.60 Å². The Morgan fingerprint density at radius 2 is 2.11 bits per heavy atom. The number of methoxy groups -OCH3 is 1. The third-order valence-electron chi connectivity index (χ3n) is 3.08. The number of rotatable bonds is 7. The maximum atomic E-state index is 13.3. The van der Waals surface area contributed by atoms with E-state index >= 15 is 0 Å². The molecule has 0 aliphatic heterocycles. The average Bonchev–Trinajstić information content (AvgIpc) is 2.34. The molecule has 0 radical (unpaired) electrons.